The number of hydrogen-bond donors (Lipinski definition) is 1. The fourth-order valence-corrected chi connectivity index (χ4v) is 3.67. The van der Waals surface area contributed by atoms with Gasteiger partial charge in [0.1, 0.15) is 5.52 Å². The van der Waals surface area contributed by atoms with Gasteiger partial charge in [0.2, 0.25) is 5.91 Å². The van der Waals surface area contributed by atoms with Gasteiger partial charge in [-0.15, -0.1) is 0 Å². The molecule has 3 rings (SSSR count). The summed E-state index contributed by atoms with van der Waals surface area (Å²) in [6.07, 6.45) is 4.79. The number of aromatic nitrogens is 1. The smallest absolute Gasteiger partial charge is 0.227 e. The lowest BCUT2D eigenvalue weighted by atomic mass is 9.70. The maximum absolute atomic E-state index is 12.7. The minimum Gasteiger partial charge on any atom is -0.443 e. The van der Waals surface area contributed by atoms with Crippen molar-refractivity contribution in [1.29, 1.82) is 0 Å². The summed E-state index contributed by atoms with van der Waals surface area (Å²) in [7, 11) is 0. The molecule has 22 heavy (non-hydrogen) atoms. The van der Waals surface area contributed by atoms with E-state index in [-0.39, 0.29) is 11.8 Å². The molecule has 4 nitrogen and oxygen atoms in total. The first kappa shape index (κ1) is 15.1. The lowest BCUT2D eigenvalue weighted by molar-refractivity contribution is -0.123. The SMILES string of the molecule is CC1CCC(C(C)C)C(C(=O)Nc2ccc3ncoc3c2)C1. The highest BCUT2D eigenvalue weighted by Gasteiger charge is 2.35. The van der Waals surface area contributed by atoms with Crippen molar-refractivity contribution in [3.63, 3.8) is 0 Å². The van der Waals surface area contributed by atoms with Crippen LogP contribution in [0.4, 0.5) is 5.69 Å². The van der Waals surface area contributed by atoms with Crippen LogP contribution in [-0.4, -0.2) is 10.9 Å². The molecular formula is C18H24N2O2. The van der Waals surface area contributed by atoms with Crippen molar-refractivity contribution < 1.29 is 9.21 Å². The minimum atomic E-state index is 0.106. The van der Waals surface area contributed by atoms with Crippen molar-refractivity contribution in [2.24, 2.45) is 23.7 Å². The van der Waals surface area contributed by atoms with Crippen molar-refractivity contribution in [2.45, 2.75) is 40.0 Å². The highest BCUT2D eigenvalue weighted by Crippen LogP contribution is 2.38. The quantitative estimate of drug-likeness (QED) is 0.909. The summed E-state index contributed by atoms with van der Waals surface area (Å²) < 4.78 is 5.30. The zero-order chi connectivity index (χ0) is 15.7. The summed E-state index contributed by atoms with van der Waals surface area (Å²) in [5.41, 5.74) is 2.30. The Morgan fingerprint density at radius 3 is 2.95 bits per heavy atom. The van der Waals surface area contributed by atoms with Gasteiger partial charge in [-0.25, -0.2) is 4.98 Å². The number of fused-ring (bicyclic) bond motifs is 1. The van der Waals surface area contributed by atoms with E-state index in [0.717, 1.165) is 24.0 Å². The topological polar surface area (TPSA) is 55.1 Å². The summed E-state index contributed by atoms with van der Waals surface area (Å²) in [6, 6.07) is 5.61. The Balaban J connectivity index is 1.76. The highest BCUT2D eigenvalue weighted by molar-refractivity contribution is 5.94. The largest absolute Gasteiger partial charge is 0.443 e. The van der Waals surface area contributed by atoms with Gasteiger partial charge in [0.05, 0.1) is 0 Å². The molecule has 0 spiro atoms. The molecule has 1 amide bonds. The van der Waals surface area contributed by atoms with Crippen LogP contribution in [0.25, 0.3) is 11.1 Å². The first-order chi connectivity index (χ1) is 10.5. The van der Waals surface area contributed by atoms with E-state index in [2.05, 4.69) is 31.1 Å². The third-order valence-electron chi connectivity index (χ3n) is 4.96. The van der Waals surface area contributed by atoms with Crippen LogP contribution in [0.5, 0.6) is 0 Å². The van der Waals surface area contributed by atoms with Crippen LogP contribution in [0.2, 0.25) is 0 Å². The van der Waals surface area contributed by atoms with Gasteiger partial charge in [0.25, 0.3) is 0 Å². The van der Waals surface area contributed by atoms with Crippen LogP contribution in [-0.2, 0) is 4.79 Å². The predicted octanol–water partition coefficient (Wildman–Crippen LogP) is 4.47. The number of benzene rings is 1. The standard InChI is InChI=1S/C18H24N2O2/c1-11(2)14-6-4-12(3)8-15(14)18(21)20-13-5-7-16-17(9-13)22-10-19-16/h5,7,9-12,14-15H,4,6,8H2,1-3H3,(H,20,21). The average Bonchev–Trinajstić information content (AvgIpc) is 2.94. The summed E-state index contributed by atoms with van der Waals surface area (Å²) in [4.78, 5) is 16.8. The van der Waals surface area contributed by atoms with E-state index in [9.17, 15) is 4.79 Å². The van der Waals surface area contributed by atoms with Crippen molar-refractivity contribution in [2.75, 3.05) is 5.32 Å². The molecule has 1 aliphatic rings. The second kappa shape index (κ2) is 6.11. The monoisotopic (exact) mass is 300 g/mol. The van der Waals surface area contributed by atoms with Crippen molar-refractivity contribution in [3.8, 4) is 0 Å². The lowest BCUT2D eigenvalue weighted by Gasteiger charge is -2.36. The first-order valence-electron chi connectivity index (χ1n) is 8.18. The molecular weight excluding hydrogens is 276 g/mol. The van der Waals surface area contributed by atoms with Gasteiger partial charge in [0.15, 0.2) is 12.0 Å². The average molecular weight is 300 g/mol. The minimum absolute atomic E-state index is 0.106. The molecule has 0 radical (unpaired) electrons. The van der Waals surface area contributed by atoms with E-state index in [4.69, 9.17) is 4.42 Å². The molecule has 1 aliphatic carbocycles. The van der Waals surface area contributed by atoms with E-state index in [0.29, 0.717) is 23.3 Å². The van der Waals surface area contributed by atoms with Gasteiger partial charge >= 0.3 is 0 Å². The van der Waals surface area contributed by atoms with Crippen LogP contribution < -0.4 is 5.32 Å². The number of anilines is 1. The van der Waals surface area contributed by atoms with E-state index in [1.165, 1.54) is 12.8 Å². The Bertz CT molecular complexity index is 662. The normalized spacial score (nSPS) is 25.5. The fourth-order valence-electron chi connectivity index (χ4n) is 3.67. The molecule has 1 aromatic heterocycles. The van der Waals surface area contributed by atoms with Crippen LogP contribution in [0, 0.1) is 23.7 Å². The molecule has 118 valence electrons. The Labute approximate surface area is 131 Å². The molecule has 2 aromatic rings. The zero-order valence-corrected chi connectivity index (χ0v) is 13.5. The number of rotatable bonds is 3. The Kier molecular flexibility index (Phi) is 4.19. The van der Waals surface area contributed by atoms with Crippen LogP contribution in [0.15, 0.2) is 29.0 Å². The maximum atomic E-state index is 12.7. The second-order valence-corrected chi connectivity index (χ2v) is 6.96. The number of carbonyl (C=O) groups excluding carboxylic acids is 1. The number of hydrogen-bond acceptors (Lipinski definition) is 3. The summed E-state index contributed by atoms with van der Waals surface area (Å²) in [5.74, 6) is 1.89. The summed E-state index contributed by atoms with van der Waals surface area (Å²) in [5, 5.41) is 3.07. The molecule has 1 aromatic carbocycles. The van der Waals surface area contributed by atoms with E-state index in [1.807, 2.05) is 18.2 Å². The highest BCUT2D eigenvalue weighted by atomic mass is 16.3. The predicted molar refractivity (Wildman–Crippen MR) is 87.5 cm³/mol. The van der Waals surface area contributed by atoms with Crippen molar-refractivity contribution in [3.05, 3.63) is 24.6 Å². The van der Waals surface area contributed by atoms with E-state index >= 15 is 0 Å². The Morgan fingerprint density at radius 2 is 2.18 bits per heavy atom. The number of carbonyl (C=O) groups is 1. The van der Waals surface area contributed by atoms with Crippen LogP contribution in [0.3, 0.4) is 0 Å². The van der Waals surface area contributed by atoms with E-state index in [1.54, 1.807) is 0 Å². The van der Waals surface area contributed by atoms with Gasteiger partial charge in [-0.05, 0) is 42.7 Å². The van der Waals surface area contributed by atoms with Gasteiger partial charge in [-0.3, -0.25) is 4.79 Å². The summed E-state index contributed by atoms with van der Waals surface area (Å²) >= 11 is 0. The maximum Gasteiger partial charge on any atom is 0.227 e. The Hall–Kier alpha value is -1.84. The van der Waals surface area contributed by atoms with Crippen LogP contribution in [0.1, 0.15) is 40.0 Å². The molecule has 3 atom stereocenters. The number of nitrogens with one attached hydrogen (secondary N) is 1. The van der Waals surface area contributed by atoms with Gasteiger partial charge in [-0.1, -0.05) is 27.2 Å². The number of nitrogens with zero attached hydrogens (tertiary/aromatic N) is 1. The third kappa shape index (κ3) is 3.01. The van der Waals surface area contributed by atoms with Crippen LogP contribution >= 0.6 is 0 Å². The molecule has 1 saturated carbocycles. The van der Waals surface area contributed by atoms with Gasteiger partial charge < -0.3 is 9.73 Å². The van der Waals surface area contributed by atoms with E-state index < -0.39 is 0 Å². The molecule has 1 heterocycles. The molecule has 1 N–H and O–H groups in total. The van der Waals surface area contributed by atoms with Crippen molar-refractivity contribution >= 4 is 22.7 Å². The summed E-state index contributed by atoms with van der Waals surface area (Å²) in [6.45, 7) is 6.69. The first-order valence-corrected chi connectivity index (χ1v) is 8.18. The zero-order valence-electron chi connectivity index (χ0n) is 13.5. The second-order valence-electron chi connectivity index (χ2n) is 6.96. The molecule has 0 saturated heterocycles. The van der Waals surface area contributed by atoms with Gasteiger partial charge in [-0.2, -0.15) is 0 Å². The fraction of sp³-hybridized carbons (Fsp3) is 0.556. The number of amides is 1. The number of oxazole rings is 1. The molecule has 3 unspecified atom stereocenters. The molecule has 0 aliphatic heterocycles. The molecule has 0 bridgehead atoms. The Morgan fingerprint density at radius 1 is 1.36 bits per heavy atom. The van der Waals surface area contributed by atoms with Crippen molar-refractivity contribution in [1.82, 2.24) is 4.98 Å². The van der Waals surface area contributed by atoms with Gasteiger partial charge in [0, 0.05) is 17.7 Å². The molecule has 1 fully saturated rings. The third-order valence-corrected chi connectivity index (χ3v) is 4.96. The molecule has 4 heteroatoms. The lowest BCUT2D eigenvalue weighted by Crippen LogP contribution is -2.36.